The summed E-state index contributed by atoms with van der Waals surface area (Å²) in [5.74, 6) is 0.212. The summed E-state index contributed by atoms with van der Waals surface area (Å²) >= 11 is 0. The first-order valence-corrected chi connectivity index (χ1v) is 9.41. The van der Waals surface area contributed by atoms with Crippen LogP contribution in [0, 0.1) is 20.8 Å². The molecule has 8 heteroatoms. The number of hydrogen-bond acceptors (Lipinski definition) is 6. The number of allylic oxidation sites excluding steroid dienone is 1. The predicted octanol–water partition coefficient (Wildman–Crippen LogP) is 1.65. The number of hydrogen-bond donors (Lipinski definition) is 0. The molecule has 2 aromatic heterocycles. The van der Waals surface area contributed by atoms with Gasteiger partial charge in [-0.05, 0) is 32.8 Å². The lowest BCUT2D eigenvalue weighted by molar-refractivity contribution is -0.133. The van der Waals surface area contributed by atoms with Crippen LogP contribution in [0.2, 0.25) is 0 Å². The monoisotopic (exact) mass is 372 g/mol. The molecule has 1 saturated heterocycles. The Balaban J connectivity index is 1.49. The standard InChI is InChI=1S/C19H28N6O2/c1-5-8-25-16(4)17(14(2)20-25)6-7-19(26)24-11-9-23(10-12-24)13-18-15(3)21-27-22-18/h5H,1,6-13H2,2-4H3. The van der Waals surface area contributed by atoms with E-state index >= 15 is 0 Å². The number of nitrogens with zero attached hydrogens (tertiary/aromatic N) is 6. The molecule has 0 saturated carbocycles. The number of rotatable bonds is 7. The average molecular weight is 372 g/mol. The highest BCUT2D eigenvalue weighted by atomic mass is 16.6. The zero-order valence-corrected chi connectivity index (χ0v) is 16.4. The van der Waals surface area contributed by atoms with Gasteiger partial charge in [0.05, 0.1) is 12.2 Å². The topological polar surface area (TPSA) is 80.3 Å². The van der Waals surface area contributed by atoms with E-state index in [-0.39, 0.29) is 5.91 Å². The second-order valence-corrected chi connectivity index (χ2v) is 7.07. The van der Waals surface area contributed by atoms with Crippen LogP contribution < -0.4 is 0 Å². The molecule has 0 atom stereocenters. The van der Waals surface area contributed by atoms with Crippen molar-refractivity contribution in [2.45, 2.75) is 46.7 Å². The van der Waals surface area contributed by atoms with E-state index in [0.717, 1.165) is 61.9 Å². The van der Waals surface area contributed by atoms with Gasteiger partial charge in [-0.1, -0.05) is 16.4 Å². The number of carbonyl (C=O) groups excluding carboxylic acids is 1. The first-order chi connectivity index (χ1) is 13.0. The molecule has 0 unspecified atom stereocenters. The van der Waals surface area contributed by atoms with Crippen LogP contribution in [0.3, 0.4) is 0 Å². The normalized spacial score (nSPS) is 15.3. The number of aromatic nitrogens is 4. The Labute approximate surface area is 159 Å². The van der Waals surface area contributed by atoms with Crippen LogP contribution in [0.5, 0.6) is 0 Å². The molecular formula is C19H28N6O2. The molecule has 3 heterocycles. The van der Waals surface area contributed by atoms with Crippen LogP contribution in [-0.4, -0.2) is 62.0 Å². The Morgan fingerprint density at radius 1 is 1.15 bits per heavy atom. The summed E-state index contributed by atoms with van der Waals surface area (Å²) in [6.07, 6.45) is 3.09. The van der Waals surface area contributed by atoms with Gasteiger partial charge >= 0.3 is 0 Å². The van der Waals surface area contributed by atoms with Gasteiger partial charge in [-0.25, -0.2) is 4.63 Å². The summed E-state index contributed by atoms with van der Waals surface area (Å²) in [5, 5.41) is 12.3. The molecule has 8 nitrogen and oxygen atoms in total. The third-order valence-electron chi connectivity index (χ3n) is 5.27. The molecule has 0 aromatic carbocycles. The van der Waals surface area contributed by atoms with Crippen LogP contribution in [0.25, 0.3) is 0 Å². The smallest absolute Gasteiger partial charge is 0.222 e. The van der Waals surface area contributed by atoms with Crippen molar-refractivity contribution >= 4 is 5.91 Å². The molecule has 1 aliphatic rings. The minimum Gasteiger partial charge on any atom is -0.340 e. The molecule has 3 rings (SSSR count). The van der Waals surface area contributed by atoms with Crippen LogP contribution in [0.15, 0.2) is 17.3 Å². The fraction of sp³-hybridized carbons (Fsp3) is 0.579. The molecule has 1 amide bonds. The molecule has 0 N–H and O–H groups in total. The molecule has 146 valence electrons. The lowest BCUT2D eigenvalue weighted by atomic mass is 10.1. The SMILES string of the molecule is C=CCn1nc(C)c(CCC(=O)N2CCN(Cc3nonc3C)CC2)c1C. The molecule has 27 heavy (non-hydrogen) atoms. The first-order valence-electron chi connectivity index (χ1n) is 9.41. The predicted molar refractivity (Wildman–Crippen MR) is 101 cm³/mol. The van der Waals surface area contributed by atoms with E-state index < -0.39 is 0 Å². The van der Waals surface area contributed by atoms with Gasteiger partial charge in [0.2, 0.25) is 5.91 Å². The fourth-order valence-electron chi connectivity index (χ4n) is 3.55. The lowest BCUT2D eigenvalue weighted by Crippen LogP contribution is -2.48. The zero-order valence-electron chi connectivity index (χ0n) is 16.4. The maximum Gasteiger partial charge on any atom is 0.222 e. The molecule has 2 aromatic rings. The van der Waals surface area contributed by atoms with Crippen LogP contribution in [0.1, 0.15) is 34.8 Å². The maximum atomic E-state index is 12.6. The van der Waals surface area contributed by atoms with Crippen LogP contribution in [-0.2, 0) is 24.3 Å². The Kier molecular flexibility index (Phi) is 6.05. The highest BCUT2D eigenvalue weighted by Crippen LogP contribution is 2.17. The van der Waals surface area contributed by atoms with Crippen molar-refractivity contribution in [3.05, 3.63) is 41.0 Å². The summed E-state index contributed by atoms with van der Waals surface area (Å²) in [6, 6.07) is 0. The Morgan fingerprint density at radius 2 is 1.89 bits per heavy atom. The Bertz CT molecular complexity index is 801. The van der Waals surface area contributed by atoms with Crippen LogP contribution >= 0.6 is 0 Å². The van der Waals surface area contributed by atoms with E-state index in [9.17, 15) is 4.79 Å². The van der Waals surface area contributed by atoms with Gasteiger partial charge < -0.3 is 4.90 Å². The summed E-state index contributed by atoms with van der Waals surface area (Å²) in [4.78, 5) is 16.9. The van der Waals surface area contributed by atoms with Crippen molar-refractivity contribution in [2.24, 2.45) is 0 Å². The van der Waals surface area contributed by atoms with Crippen molar-refractivity contribution < 1.29 is 9.42 Å². The summed E-state index contributed by atoms with van der Waals surface area (Å²) < 4.78 is 6.70. The van der Waals surface area contributed by atoms with Crippen molar-refractivity contribution in [3.63, 3.8) is 0 Å². The third kappa shape index (κ3) is 4.44. The van der Waals surface area contributed by atoms with Crippen molar-refractivity contribution in [1.29, 1.82) is 0 Å². The van der Waals surface area contributed by atoms with Crippen LogP contribution in [0.4, 0.5) is 0 Å². The van der Waals surface area contributed by atoms with Crippen molar-refractivity contribution in [3.8, 4) is 0 Å². The maximum absolute atomic E-state index is 12.6. The van der Waals surface area contributed by atoms with Gasteiger partial charge in [0.15, 0.2) is 0 Å². The minimum atomic E-state index is 0.212. The zero-order chi connectivity index (χ0) is 19.4. The average Bonchev–Trinajstić information content (AvgIpc) is 3.17. The van der Waals surface area contributed by atoms with Crippen molar-refractivity contribution in [1.82, 2.24) is 29.9 Å². The molecule has 0 spiro atoms. The molecular weight excluding hydrogens is 344 g/mol. The molecule has 0 aliphatic carbocycles. The number of carbonyl (C=O) groups is 1. The van der Waals surface area contributed by atoms with Gasteiger partial charge in [-0.3, -0.25) is 14.4 Å². The van der Waals surface area contributed by atoms with E-state index in [2.05, 4.69) is 33.8 Å². The second-order valence-electron chi connectivity index (χ2n) is 7.07. The summed E-state index contributed by atoms with van der Waals surface area (Å²) in [7, 11) is 0. The van der Waals surface area contributed by atoms with Gasteiger partial charge in [0.25, 0.3) is 0 Å². The minimum absolute atomic E-state index is 0.212. The molecule has 1 fully saturated rings. The van der Waals surface area contributed by atoms with E-state index in [0.29, 0.717) is 13.0 Å². The quantitative estimate of drug-likeness (QED) is 0.688. The molecule has 0 radical (unpaired) electrons. The highest BCUT2D eigenvalue weighted by molar-refractivity contribution is 5.76. The summed E-state index contributed by atoms with van der Waals surface area (Å²) in [6.45, 7) is 14.3. The van der Waals surface area contributed by atoms with Crippen molar-refractivity contribution in [2.75, 3.05) is 26.2 Å². The van der Waals surface area contributed by atoms with E-state index in [1.165, 1.54) is 5.56 Å². The van der Waals surface area contributed by atoms with Gasteiger partial charge in [0.1, 0.15) is 11.4 Å². The second kappa shape index (κ2) is 8.47. The first kappa shape index (κ1) is 19.3. The third-order valence-corrected chi connectivity index (χ3v) is 5.27. The van der Waals surface area contributed by atoms with E-state index in [1.54, 1.807) is 0 Å². The number of amides is 1. The molecule has 0 bridgehead atoms. The molecule has 1 aliphatic heterocycles. The Morgan fingerprint density at radius 3 is 2.52 bits per heavy atom. The van der Waals surface area contributed by atoms with Gasteiger partial charge in [0, 0.05) is 44.8 Å². The largest absolute Gasteiger partial charge is 0.340 e. The van der Waals surface area contributed by atoms with E-state index in [1.807, 2.05) is 29.5 Å². The number of aryl methyl sites for hydroxylation is 2. The Hall–Kier alpha value is -2.48. The van der Waals surface area contributed by atoms with E-state index in [4.69, 9.17) is 4.63 Å². The highest BCUT2D eigenvalue weighted by Gasteiger charge is 2.23. The lowest BCUT2D eigenvalue weighted by Gasteiger charge is -2.34. The van der Waals surface area contributed by atoms with Gasteiger partial charge in [-0.15, -0.1) is 6.58 Å². The van der Waals surface area contributed by atoms with Gasteiger partial charge in [-0.2, -0.15) is 5.10 Å². The summed E-state index contributed by atoms with van der Waals surface area (Å²) in [5.41, 5.74) is 5.01. The fourth-order valence-corrected chi connectivity index (χ4v) is 3.55. The number of piperazine rings is 1.